The number of ether oxygens (including phenoxy) is 1. The molecule has 1 amide bonds. The topological polar surface area (TPSA) is 73.5 Å². The SMILES string of the molecule is Cc1ccc(C)n1-c1sccc1C(=O)OCC(=O)NCc1ccco1. The number of nitrogens with zero attached hydrogens (tertiary/aromatic N) is 1. The Morgan fingerprint density at radius 3 is 2.64 bits per heavy atom. The fourth-order valence-electron chi connectivity index (χ4n) is 2.48. The number of amides is 1. The van der Waals surface area contributed by atoms with Gasteiger partial charge in [0.25, 0.3) is 5.91 Å². The Balaban J connectivity index is 1.61. The summed E-state index contributed by atoms with van der Waals surface area (Å²) in [6.07, 6.45) is 1.53. The van der Waals surface area contributed by atoms with Crippen LogP contribution in [0.3, 0.4) is 0 Å². The first-order chi connectivity index (χ1) is 12.1. The van der Waals surface area contributed by atoms with Crippen LogP contribution in [-0.4, -0.2) is 23.1 Å². The Kier molecular flexibility index (Phi) is 5.04. The third kappa shape index (κ3) is 3.83. The largest absolute Gasteiger partial charge is 0.467 e. The van der Waals surface area contributed by atoms with Crippen molar-refractivity contribution in [3.8, 4) is 5.00 Å². The average molecular weight is 358 g/mol. The van der Waals surface area contributed by atoms with Crippen LogP contribution < -0.4 is 5.32 Å². The number of furan rings is 1. The predicted octanol–water partition coefficient (Wildman–Crippen LogP) is 3.22. The highest BCUT2D eigenvalue weighted by Crippen LogP contribution is 2.26. The number of carbonyl (C=O) groups excluding carboxylic acids is 2. The highest BCUT2D eigenvalue weighted by Gasteiger charge is 2.19. The fraction of sp³-hybridized carbons (Fsp3) is 0.222. The van der Waals surface area contributed by atoms with E-state index >= 15 is 0 Å². The van der Waals surface area contributed by atoms with E-state index in [4.69, 9.17) is 9.15 Å². The van der Waals surface area contributed by atoms with Crippen molar-refractivity contribution in [2.75, 3.05) is 6.61 Å². The van der Waals surface area contributed by atoms with Crippen molar-refractivity contribution in [3.05, 3.63) is 64.7 Å². The van der Waals surface area contributed by atoms with Gasteiger partial charge in [-0.3, -0.25) is 4.79 Å². The molecule has 0 aromatic carbocycles. The van der Waals surface area contributed by atoms with Gasteiger partial charge in [-0.2, -0.15) is 0 Å². The maximum Gasteiger partial charge on any atom is 0.341 e. The number of aromatic nitrogens is 1. The standard InChI is InChI=1S/C18H18N2O4S/c1-12-5-6-13(2)20(12)17-15(7-9-25-17)18(22)24-11-16(21)19-10-14-4-3-8-23-14/h3-9H,10-11H2,1-2H3,(H,19,21). The summed E-state index contributed by atoms with van der Waals surface area (Å²) < 4.78 is 12.3. The molecule has 0 bridgehead atoms. The molecule has 6 nitrogen and oxygen atoms in total. The molecule has 0 spiro atoms. The van der Waals surface area contributed by atoms with Gasteiger partial charge in [0.2, 0.25) is 0 Å². The highest BCUT2D eigenvalue weighted by molar-refractivity contribution is 7.13. The van der Waals surface area contributed by atoms with Crippen LogP contribution in [0.15, 0.2) is 46.4 Å². The van der Waals surface area contributed by atoms with E-state index in [0.717, 1.165) is 16.4 Å². The Morgan fingerprint density at radius 2 is 1.96 bits per heavy atom. The first kappa shape index (κ1) is 17.0. The van der Waals surface area contributed by atoms with Crippen LogP contribution in [0.25, 0.3) is 5.00 Å². The third-order valence-electron chi connectivity index (χ3n) is 3.71. The van der Waals surface area contributed by atoms with E-state index in [2.05, 4.69) is 5.32 Å². The first-order valence-corrected chi connectivity index (χ1v) is 8.63. The molecule has 0 radical (unpaired) electrons. The van der Waals surface area contributed by atoms with Gasteiger partial charge in [0.1, 0.15) is 10.8 Å². The van der Waals surface area contributed by atoms with E-state index in [-0.39, 0.29) is 19.1 Å². The minimum Gasteiger partial charge on any atom is -0.467 e. The van der Waals surface area contributed by atoms with E-state index in [1.165, 1.54) is 17.6 Å². The van der Waals surface area contributed by atoms with Gasteiger partial charge in [-0.1, -0.05) is 0 Å². The zero-order valence-corrected chi connectivity index (χ0v) is 14.8. The summed E-state index contributed by atoms with van der Waals surface area (Å²) in [6.45, 7) is 3.88. The van der Waals surface area contributed by atoms with Gasteiger partial charge in [-0.05, 0) is 49.6 Å². The first-order valence-electron chi connectivity index (χ1n) is 7.75. The van der Waals surface area contributed by atoms with Crippen molar-refractivity contribution < 1.29 is 18.7 Å². The van der Waals surface area contributed by atoms with Crippen LogP contribution in [0.2, 0.25) is 0 Å². The van der Waals surface area contributed by atoms with Gasteiger partial charge in [0, 0.05) is 11.4 Å². The lowest BCUT2D eigenvalue weighted by molar-refractivity contribution is -0.124. The monoisotopic (exact) mass is 358 g/mol. The molecule has 130 valence electrons. The smallest absolute Gasteiger partial charge is 0.341 e. The molecule has 0 unspecified atom stereocenters. The Morgan fingerprint density at radius 1 is 1.20 bits per heavy atom. The van der Waals surface area contributed by atoms with Gasteiger partial charge >= 0.3 is 5.97 Å². The summed E-state index contributed by atoms with van der Waals surface area (Å²) in [5, 5.41) is 5.26. The summed E-state index contributed by atoms with van der Waals surface area (Å²) in [4.78, 5) is 24.2. The second kappa shape index (κ2) is 7.40. The number of hydrogen-bond donors (Lipinski definition) is 1. The Labute approximate surface area is 149 Å². The molecular weight excluding hydrogens is 340 g/mol. The third-order valence-corrected chi connectivity index (χ3v) is 4.61. The summed E-state index contributed by atoms with van der Waals surface area (Å²) in [7, 11) is 0. The average Bonchev–Trinajstić information content (AvgIpc) is 3.32. The van der Waals surface area contributed by atoms with E-state index in [9.17, 15) is 9.59 Å². The van der Waals surface area contributed by atoms with Gasteiger partial charge in [0.05, 0.1) is 18.4 Å². The second-order valence-corrected chi connectivity index (χ2v) is 6.42. The zero-order valence-electron chi connectivity index (χ0n) is 13.9. The summed E-state index contributed by atoms with van der Waals surface area (Å²) in [5.74, 6) is -0.259. The van der Waals surface area contributed by atoms with E-state index < -0.39 is 5.97 Å². The van der Waals surface area contributed by atoms with E-state index in [0.29, 0.717) is 11.3 Å². The molecule has 3 rings (SSSR count). The number of thiophene rings is 1. The molecule has 0 fully saturated rings. The van der Waals surface area contributed by atoms with Crippen molar-refractivity contribution in [2.45, 2.75) is 20.4 Å². The molecular formula is C18H18N2O4S. The number of nitrogens with one attached hydrogen (secondary N) is 1. The molecule has 0 aliphatic rings. The number of carbonyl (C=O) groups is 2. The lowest BCUT2D eigenvalue weighted by Gasteiger charge is -2.10. The molecule has 3 heterocycles. The summed E-state index contributed by atoms with van der Waals surface area (Å²) in [5.41, 5.74) is 2.52. The molecule has 3 aromatic rings. The molecule has 1 N–H and O–H groups in total. The molecule has 25 heavy (non-hydrogen) atoms. The minimum atomic E-state index is -0.517. The van der Waals surface area contributed by atoms with Crippen molar-refractivity contribution in [1.29, 1.82) is 0 Å². The molecule has 0 atom stereocenters. The zero-order chi connectivity index (χ0) is 17.8. The second-order valence-electron chi connectivity index (χ2n) is 5.52. The quantitative estimate of drug-likeness (QED) is 0.687. The van der Waals surface area contributed by atoms with Crippen LogP contribution in [0.1, 0.15) is 27.5 Å². The van der Waals surface area contributed by atoms with Crippen LogP contribution >= 0.6 is 11.3 Å². The van der Waals surface area contributed by atoms with Crippen LogP contribution in [0.4, 0.5) is 0 Å². The van der Waals surface area contributed by atoms with E-state index in [1.54, 1.807) is 18.2 Å². The summed E-state index contributed by atoms with van der Waals surface area (Å²) in [6, 6.07) is 9.19. The van der Waals surface area contributed by atoms with Crippen LogP contribution in [-0.2, 0) is 16.1 Å². The van der Waals surface area contributed by atoms with Crippen molar-refractivity contribution in [3.63, 3.8) is 0 Å². The van der Waals surface area contributed by atoms with Crippen LogP contribution in [0, 0.1) is 13.8 Å². The normalized spacial score (nSPS) is 10.6. The Bertz CT molecular complexity index is 857. The van der Waals surface area contributed by atoms with Crippen molar-refractivity contribution in [2.24, 2.45) is 0 Å². The molecule has 0 aliphatic carbocycles. The number of hydrogen-bond acceptors (Lipinski definition) is 5. The number of aryl methyl sites for hydroxylation is 2. The number of esters is 1. The lowest BCUT2D eigenvalue weighted by atomic mass is 10.3. The molecule has 7 heteroatoms. The minimum absolute atomic E-state index is 0.259. The maximum absolute atomic E-state index is 12.4. The lowest BCUT2D eigenvalue weighted by Crippen LogP contribution is -2.28. The maximum atomic E-state index is 12.4. The van der Waals surface area contributed by atoms with Gasteiger partial charge in [0.15, 0.2) is 6.61 Å². The van der Waals surface area contributed by atoms with E-state index in [1.807, 2.05) is 35.9 Å². The fourth-order valence-corrected chi connectivity index (χ4v) is 3.48. The van der Waals surface area contributed by atoms with Gasteiger partial charge in [-0.15, -0.1) is 11.3 Å². The van der Waals surface area contributed by atoms with Crippen LogP contribution in [0.5, 0.6) is 0 Å². The molecule has 0 aliphatic heterocycles. The molecule has 0 saturated carbocycles. The predicted molar refractivity (Wildman–Crippen MR) is 94.0 cm³/mol. The van der Waals surface area contributed by atoms with Gasteiger partial charge < -0.3 is 19.0 Å². The van der Waals surface area contributed by atoms with Crippen molar-refractivity contribution >= 4 is 23.2 Å². The molecule has 0 saturated heterocycles. The highest BCUT2D eigenvalue weighted by atomic mass is 32.1. The summed E-state index contributed by atoms with van der Waals surface area (Å²) >= 11 is 1.46. The number of rotatable bonds is 6. The molecule has 3 aromatic heterocycles. The Hall–Kier alpha value is -2.80. The van der Waals surface area contributed by atoms with Crippen molar-refractivity contribution in [1.82, 2.24) is 9.88 Å². The van der Waals surface area contributed by atoms with Gasteiger partial charge in [-0.25, -0.2) is 4.79 Å².